The number of benzene rings is 3. The van der Waals surface area contributed by atoms with Gasteiger partial charge in [-0.3, -0.25) is 14.5 Å². The third-order valence-electron chi connectivity index (χ3n) is 5.17. The molecule has 6 nitrogen and oxygen atoms in total. The van der Waals surface area contributed by atoms with Crippen LogP contribution in [0, 0.1) is 10.1 Å². The molecule has 2 heterocycles. The van der Waals surface area contributed by atoms with Crippen LogP contribution in [0.25, 0.3) is 39.4 Å². The number of nitro benzene ring substituents is 1. The van der Waals surface area contributed by atoms with Crippen LogP contribution in [-0.2, 0) is 0 Å². The molecule has 5 aromatic rings. The fraction of sp³-hybridized carbons (Fsp3) is 0. The van der Waals surface area contributed by atoms with Crippen LogP contribution in [-0.4, -0.2) is 19.3 Å². The van der Waals surface area contributed by atoms with Gasteiger partial charge in [0, 0.05) is 51.3 Å². The molecular weight excluding hydrogens is 483 g/mol. The monoisotopic (exact) mass is 494 g/mol. The summed E-state index contributed by atoms with van der Waals surface area (Å²) in [5, 5.41) is 12.8. The fourth-order valence-electron chi connectivity index (χ4n) is 3.63. The second-order valence-electron chi connectivity index (χ2n) is 7.26. The Bertz CT molecular complexity index is 1530. The van der Waals surface area contributed by atoms with Crippen molar-refractivity contribution in [1.82, 2.24) is 14.4 Å². The van der Waals surface area contributed by atoms with Gasteiger partial charge in [0.15, 0.2) is 0 Å². The highest BCUT2D eigenvalue weighted by Gasteiger charge is 2.20. The Morgan fingerprint density at radius 3 is 2.33 bits per heavy atom. The molecule has 0 bridgehead atoms. The SMILES string of the molecule is O=[N+]([O-])c1cccc(-c2cnc3nc(-c4ccc(Cl)cc4)c(-c4ccc(Cl)cc4Cl)n3c2)c1. The lowest BCUT2D eigenvalue weighted by Crippen LogP contribution is -1.95. The van der Waals surface area contributed by atoms with Crippen LogP contribution < -0.4 is 0 Å². The third kappa shape index (κ3) is 4.04. The van der Waals surface area contributed by atoms with Crippen molar-refractivity contribution in [1.29, 1.82) is 0 Å². The first kappa shape index (κ1) is 21.4. The van der Waals surface area contributed by atoms with Gasteiger partial charge in [-0.15, -0.1) is 0 Å². The minimum Gasteiger partial charge on any atom is -0.282 e. The second kappa shape index (κ2) is 8.48. The van der Waals surface area contributed by atoms with Crippen LogP contribution >= 0.6 is 34.8 Å². The number of fused-ring (bicyclic) bond motifs is 1. The summed E-state index contributed by atoms with van der Waals surface area (Å²) >= 11 is 18.8. The average Bonchev–Trinajstić information content (AvgIpc) is 3.18. The summed E-state index contributed by atoms with van der Waals surface area (Å²) in [5.41, 5.74) is 4.29. The topological polar surface area (TPSA) is 73.3 Å². The number of hydrogen-bond donors (Lipinski definition) is 0. The van der Waals surface area contributed by atoms with E-state index >= 15 is 0 Å². The highest BCUT2D eigenvalue weighted by Crippen LogP contribution is 2.38. The lowest BCUT2D eigenvalue weighted by atomic mass is 10.0. The molecule has 0 saturated carbocycles. The van der Waals surface area contributed by atoms with E-state index in [1.807, 2.05) is 28.8 Å². The highest BCUT2D eigenvalue weighted by molar-refractivity contribution is 6.36. The first-order valence-electron chi connectivity index (χ1n) is 9.75. The normalized spacial score (nSPS) is 11.1. The van der Waals surface area contributed by atoms with Gasteiger partial charge in [-0.05, 0) is 35.9 Å². The van der Waals surface area contributed by atoms with Gasteiger partial charge < -0.3 is 0 Å². The number of rotatable bonds is 4. The Kier molecular flexibility index (Phi) is 5.50. The molecule has 0 saturated heterocycles. The number of non-ortho nitro benzene ring substituents is 1. The quantitative estimate of drug-likeness (QED) is 0.190. The van der Waals surface area contributed by atoms with Gasteiger partial charge in [0.2, 0.25) is 5.78 Å². The molecule has 3 aromatic carbocycles. The van der Waals surface area contributed by atoms with Gasteiger partial charge in [0.05, 0.1) is 21.3 Å². The van der Waals surface area contributed by atoms with Gasteiger partial charge >= 0.3 is 0 Å². The van der Waals surface area contributed by atoms with Crippen molar-refractivity contribution in [3.8, 4) is 33.6 Å². The number of nitrogens with zero attached hydrogens (tertiary/aromatic N) is 4. The van der Waals surface area contributed by atoms with Crippen molar-refractivity contribution in [2.75, 3.05) is 0 Å². The maximum atomic E-state index is 11.2. The molecule has 9 heteroatoms. The average molecular weight is 496 g/mol. The second-order valence-corrected chi connectivity index (χ2v) is 8.54. The Morgan fingerprint density at radius 2 is 1.61 bits per heavy atom. The van der Waals surface area contributed by atoms with E-state index in [9.17, 15) is 10.1 Å². The van der Waals surface area contributed by atoms with Gasteiger partial charge in [-0.1, -0.05) is 59.1 Å². The molecule has 2 aromatic heterocycles. The van der Waals surface area contributed by atoms with E-state index in [0.29, 0.717) is 43.4 Å². The summed E-state index contributed by atoms with van der Waals surface area (Å²) in [6.45, 7) is 0. The first-order valence-corrected chi connectivity index (χ1v) is 10.9. The summed E-state index contributed by atoms with van der Waals surface area (Å²) in [6, 6.07) is 19.0. The minimum absolute atomic E-state index is 0.000973. The van der Waals surface area contributed by atoms with Gasteiger partial charge in [-0.25, -0.2) is 9.97 Å². The molecule has 0 aliphatic carbocycles. The van der Waals surface area contributed by atoms with Gasteiger partial charge in [0.25, 0.3) is 5.69 Å². The van der Waals surface area contributed by atoms with Crippen LogP contribution in [0.1, 0.15) is 0 Å². The lowest BCUT2D eigenvalue weighted by molar-refractivity contribution is -0.384. The molecule has 0 spiro atoms. The molecular formula is C24H13Cl3N4O2. The van der Waals surface area contributed by atoms with Crippen LogP contribution in [0.15, 0.2) is 79.1 Å². The number of imidazole rings is 1. The smallest absolute Gasteiger partial charge is 0.270 e. The summed E-state index contributed by atoms with van der Waals surface area (Å²) < 4.78 is 1.83. The summed E-state index contributed by atoms with van der Waals surface area (Å²) in [6.07, 6.45) is 3.48. The zero-order valence-corrected chi connectivity index (χ0v) is 19.0. The molecule has 33 heavy (non-hydrogen) atoms. The van der Waals surface area contributed by atoms with Crippen LogP contribution in [0.3, 0.4) is 0 Å². The van der Waals surface area contributed by atoms with Crippen molar-refractivity contribution in [2.24, 2.45) is 0 Å². The Hall–Kier alpha value is -3.45. The predicted molar refractivity (Wildman–Crippen MR) is 131 cm³/mol. The molecule has 162 valence electrons. The van der Waals surface area contributed by atoms with E-state index in [4.69, 9.17) is 39.8 Å². The lowest BCUT2D eigenvalue weighted by Gasteiger charge is -2.09. The summed E-state index contributed by atoms with van der Waals surface area (Å²) in [5.74, 6) is 0.454. The van der Waals surface area contributed by atoms with Crippen LogP contribution in [0.5, 0.6) is 0 Å². The van der Waals surface area contributed by atoms with E-state index in [-0.39, 0.29) is 5.69 Å². The van der Waals surface area contributed by atoms with Crippen molar-refractivity contribution >= 4 is 46.3 Å². The van der Waals surface area contributed by atoms with E-state index < -0.39 is 4.92 Å². The van der Waals surface area contributed by atoms with Crippen molar-refractivity contribution in [3.63, 3.8) is 0 Å². The maximum Gasteiger partial charge on any atom is 0.270 e. The zero-order valence-electron chi connectivity index (χ0n) is 16.7. The highest BCUT2D eigenvalue weighted by atomic mass is 35.5. The fourth-order valence-corrected chi connectivity index (χ4v) is 4.25. The Labute approximate surface area is 203 Å². The molecule has 0 aliphatic rings. The molecule has 0 atom stereocenters. The molecule has 0 unspecified atom stereocenters. The Morgan fingerprint density at radius 1 is 0.848 bits per heavy atom. The number of halogens is 3. The standard InChI is InChI=1S/C24H13Cl3N4O2/c25-17-6-4-14(5-7-17)22-23(20-9-8-18(26)11-21(20)27)30-13-16(12-28-24(30)29-22)15-2-1-3-19(10-15)31(32)33/h1-13H. The van der Waals surface area contributed by atoms with Crippen molar-refractivity contribution in [2.45, 2.75) is 0 Å². The summed E-state index contributed by atoms with van der Waals surface area (Å²) in [7, 11) is 0. The van der Waals surface area contributed by atoms with Crippen molar-refractivity contribution < 1.29 is 4.92 Å². The maximum absolute atomic E-state index is 11.2. The largest absolute Gasteiger partial charge is 0.282 e. The molecule has 0 N–H and O–H groups in total. The van der Waals surface area contributed by atoms with Gasteiger partial charge in [-0.2, -0.15) is 0 Å². The Balaban J connectivity index is 1.78. The van der Waals surface area contributed by atoms with Crippen LogP contribution in [0.4, 0.5) is 5.69 Å². The number of aromatic nitrogens is 3. The van der Waals surface area contributed by atoms with E-state index in [1.54, 1.807) is 42.6 Å². The first-order chi connectivity index (χ1) is 15.9. The van der Waals surface area contributed by atoms with E-state index in [2.05, 4.69) is 4.98 Å². The minimum atomic E-state index is -0.426. The molecule has 0 amide bonds. The molecule has 0 aliphatic heterocycles. The van der Waals surface area contributed by atoms with E-state index in [0.717, 1.165) is 11.1 Å². The number of hydrogen-bond acceptors (Lipinski definition) is 4. The van der Waals surface area contributed by atoms with E-state index in [1.165, 1.54) is 12.1 Å². The molecule has 5 rings (SSSR count). The number of nitro groups is 1. The predicted octanol–water partition coefficient (Wildman–Crippen LogP) is 7.60. The molecule has 0 fully saturated rings. The van der Waals surface area contributed by atoms with Gasteiger partial charge in [0.1, 0.15) is 0 Å². The van der Waals surface area contributed by atoms with Crippen LogP contribution in [0.2, 0.25) is 15.1 Å². The van der Waals surface area contributed by atoms with Crippen molar-refractivity contribution in [3.05, 3.63) is 104 Å². The third-order valence-corrected chi connectivity index (χ3v) is 5.97. The molecule has 0 radical (unpaired) electrons. The zero-order chi connectivity index (χ0) is 23.1. The summed E-state index contributed by atoms with van der Waals surface area (Å²) in [4.78, 5) is 20.1.